The molecule has 0 aliphatic heterocycles. The van der Waals surface area contributed by atoms with Gasteiger partial charge in [-0.25, -0.2) is 4.99 Å². The molecule has 1 heterocycles. The standard InChI is InChI=1S/C21H24N4O2.HI/c1-3-26-17-10-11-19(27-4-2)18(13-17)25-21(22)24-14-16-8-5-7-15-9-6-12-23-20(15)16;/h5-13H,3-4,14H2,1-2H3,(H3,22,24,25);1H. The van der Waals surface area contributed by atoms with E-state index < -0.39 is 0 Å². The molecule has 0 amide bonds. The average Bonchev–Trinajstić information content (AvgIpc) is 2.68. The number of nitrogens with one attached hydrogen (secondary N) is 1. The highest BCUT2D eigenvalue weighted by Gasteiger charge is 2.08. The maximum absolute atomic E-state index is 6.11. The van der Waals surface area contributed by atoms with Gasteiger partial charge in [0, 0.05) is 17.6 Å². The number of aliphatic imine (C=N–C) groups is 1. The van der Waals surface area contributed by atoms with Crippen molar-refractivity contribution < 1.29 is 9.47 Å². The lowest BCUT2D eigenvalue weighted by Crippen LogP contribution is -2.23. The van der Waals surface area contributed by atoms with Gasteiger partial charge in [0.05, 0.1) is 31.0 Å². The highest BCUT2D eigenvalue weighted by atomic mass is 127. The second-order valence-electron chi connectivity index (χ2n) is 5.84. The smallest absolute Gasteiger partial charge is 0.193 e. The number of pyridine rings is 1. The van der Waals surface area contributed by atoms with Crippen molar-refractivity contribution in [1.82, 2.24) is 4.98 Å². The van der Waals surface area contributed by atoms with Crippen molar-refractivity contribution in [2.24, 2.45) is 10.7 Å². The molecular formula is C21H25IN4O2. The van der Waals surface area contributed by atoms with Crippen molar-refractivity contribution >= 4 is 46.5 Å². The second-order valence-corrected chi connectivity index (χ2v) is 5.84. The number of halogens is 1. The minimum Gasteiger partial charge on any atom is -0.494 e. The molecule has 0 unspecified atom stereocenters. The number of rotatable bonds is 7. The minimum atomic E-state index is 0. The average molecular weight is 492 g/mol. The molecule has 0 atom stereocenters. The van der Waals surface area contributed by atoms with E-state index in [-0.39, 0.29) is 24.0 Å². The zero-order valence-electron chi connectivity index (χ0n) is 16.0. The molecule has 0 aliphatic carbocycles. The molecule has 2 aromatic carbocycles. The van der Waals surface area contributed by atoms with E-state index >= 15 is 0 Å². The Morgan fingerprint density at radius 1 is 1.07 bits per heavy atom. The van der Waals surface area contributed by atoms with Gasteiger partial charge in [-0.2, -0.15) is 0 Å². The molecule has 28 heavy (non-hydrogen) atoms. The number of benzene rings is 2. The van der Waals surface area contributed by atoms with E-state index in [0.717, 1.165) is 27.9 Å². The van der Waals surface area contributed by atoms with Gasteiger partial charge in [-0.15, -0.1) is 24.0 Å². The number of aromatic nitrogens is 1. The van der Waals surface area contributed by atoms with Crippen LogP contribution in [0, 0.1) is 0 Å². The van der Waals surface area contributed by atoms with Crippen LogP contribution in [0.3, 0.4) is 0 Å². The monoisotopic (exact) mass is 492 g/mol. The number of para-hydroxylation sites is 1. The maximum Gasteiger partial charge on any atom is 0.193 e. The summed E-state index contributed by atoms with van der Waals surface area (Å²) >= 11 is 0. The molecule has 0 aliphatic rings. The summed E-state index contributed by atoms with van der Waals surface area (Å²) in [7, 11) is 0. The van der Waals surface area contributed by atoms with Crippen LogP contribution in [0.4, 0.5) is 5.69 Å². The Labute approximate surface area is 182 Å². The number of nitrogens with zero attached hydrogens (tertiary/aromatic N) is 2. The Kier molecular flexibility index (Phi) is 8.31. The van der Waals surface area contributed by atoms with Crippen molar-refractivity contribution in [3.63, 3.8) is 0 Å². The Balaban J connectivity index is 0.00000280. The van der Waals surface area contributed by atoms with Gasteiger partial charge in [-0.1, -0.05) is 24.3 Å². The summed E-state index contributed by atoms with van der Waals surface area (Å²) < 4.78 is 11.2. The molecule has 6 nitrogen and oxygen atoms in total. The summed E-state index contributed by atoms with van der Waals surface area (Å²) in [6.45, 7) is 5.46. The Hall–Kier alpha value is -2.55. The normalized spacial score (nSPS) is 11.0. The predicted molar refractivity (Wildman–Crippen MR) is 125 cm³/mol. The number of anilines is 1. The molecular weight excluding hydrogens is 467 g/mol. The molecule has 0 radical (unpaired) electrons. The number of hydrogen-bond donors (Lipinski definition) is 2. The molecule has 148 valence electrons. The van der Waals surface area contributed by atoms with Crippen molar-refractivity contribution in [2.75, 3.05) is 18.5 Å². The van der Waals surface area contributed by atoms with E-state index in [1.807, 2.05) is 62.4 Å². The van der Waals surface area contributed by atoms with E-state index in [4.69, 9.17) is 15.2 Å². The van der Waals surface area contributed by atoms with Gasteiger partial charge in [0.2, 0.25) is 0 Å². The van der Waals surface area contributed by atoms with Crippen LogP contribution >= 0.6 is 24.0 Å². The lowest BCUT2D eigenvalue weighted by molar-refractivity contribution is 0.332. The van der Waals surface area contributed by atoms with E-state index in [1.54, 1.807) is 6.20 Å². The molecule has 3 aromatic rings. The Morgan fingerprint density at radius 3 is 2.64 bits per heavy atom. The molecule has 0 saturated carbocycles. The van der Waals surface area contributed by atoms with Crippen LogP contribution < -0.4 is 20.5 Å². The van der Waals surface area contributed by atoms with Gasteiger partial charge in [-0.05, 0) is 37.6 Å². The third kappa shape index (κ3) is 5.48. The molecule has 0 saturated heterocycles. The van der Waals surface area contributed by atoms with Gasteiger partial charge in [-0.3, -0.25) is 4.98 Å². The molecule has 3 N–H and O–H groups in total. The maximum atomic E-state index is 6.11. The molecule has 0 spiro atoms. The van der Waals surface area contributed by atoms with E-state index in [0.29, 0.717) is 31.5 Å². The molecule has 0 fully saturated rings. The summed E-state index contributed by atoms with van der Waals surface area (Å²) in [5.74, 6) is 1.75. The molecule has 3 rings (SSSR count). The summed E-state index contributed by atoms with van der Waals surface area (Å²) in [6, 6.07) is 15.6. The summed E-state index contributed by atoms with van der Waals surface area (Å²) in [5, 5.41) is 4.20. The van der Waals surface area contributed by atoms with Crippen LogP contribution in [0.5, 0.6) is 11.5 Å². The molecule has 0 bridgehead atoms. The van der Waals surface area contributed by atoms with E-state index in [9.17, 15) is 0 Å². The molecule has 1 aromatic heterocycles. The van der Waals surface area contributed by atoms with Crippen molar-refractivity contribution in [1.29, 1.82) is 0 Å². The van der Waals surface area contributed by atoms with Crippen LogP contribution in [0.2, 0.25) is 0 Å². The largest absolute Gasteiger partial charge is 0.494 e. The van der Waals surface area contributed by atoms with E-state index in [2.05, 4.69) is 15.3 Å². The third-order valence-corrected chi connectivity index (χ3v) is 3.96. The summed E-state index contributed by atoms with van der Waals surface area (Å²) in [5.41, 5.74) is 8.79. The number of fused-ring (bicyclic) bond motifs is 1. The van der Waals surface area contributed by atoms with Crippen molar-refractivity contribution in [2.45, 2.75) is 20.4 Å². The lowest BCUT2D eigenvalue weighted by atomic mass is 10.1. The first kappa shape index (κ1) is 21.7. The van der Waals surface area contributed by atoms with Gasteiger partial charge >= 0.3 is 0 Å². The first-order chi connectivity index (χ1) is 13.2. The highest BCUT2D eigenvalue weighted by Crippen LogP contribution is 2.29. The van der Waals surface area contributed by atoms with Gasteiger partial charge in [0.25, 0.3) is 0 Å². The van der Waals surface area contributed by atoms with Crippen LogP contribution in [-0.4, -0.2) is 24.2 Å². The number of hydrogen-bond acceptors (Lipinski definition) is 4. The SMILES string of the molecule is CCOc1ccc(OCC)c(NC(N)=NCc2cccc3cccnc23)c1.I. The zero-order chi connectivity index (χ0) is 19.1. The fourth-order valence-corrected chi connectivity index (χ4v) is 2.79. The predicted octanol–water partition coefficient (Wildman–Crippen LogP) is 4.58. The Morgan fingerprint density at radius 2 is 1.86 bits per heavy atom. The number of ether oxygens (including phenoxy) is 2. The quantitative estimate of drug-likeness (QED) is 0.287. The van der Waals surface area contributed by atoms with Gasteiger partial charge < -0.3 is 20.5 Å². The Bertz CT molecular complexity index is 941. The summed E-state index contributed by atoms with van der Waals surface area (Å²) in [4.78, 5) is 8.91. The second kappa shape index (κ2) is 10.7. The van der Waals surface area contributed by atoms with Crippen molar-refractivity contribution in [3.05, 3.63) is 60.3 Å². The topological polar surface area (TPSA) is 81.8 Å². The number of nitrogens with two attached hydrogens (primary N) is 1. The first-order valence-corrected chi connectivity index (χ1v) is 9.00. The molecule has 7 heteroatoms. The van der Waals surface area contributed by atoms with Gasteiger partial charge in [0.15, 0.2) is 5.96 Å². The third-order valence-electron chi connectivity index (χ3n) is 3.96. The van der Waals surface area contributed by atoms with Gasteiger partial charge in [0.1, 0.15) is 11.5 Å². The number of guanidine groups is 1. The van der Waals surface area contributed by atoms with Crippen molar-refractivity contribution in [3.8, 4) is 11.5 Å². The lowest BCUT2D eigenvalue weighted by Gasteiger charge is -2.14. The zero-order valence-corrected chi connectivity index (χ0v) is 18.3. The van der Waals surface area contributed by atoms with Crippen LogP contribution in [0.1, 0.15) is 19.4 Å². The minimum absolute atomic E-state index is 0. The van der Waals surface area contributed by atoms with Crippen LogP contribution in [0.25, 0.3) is 10.9 Å². The first-order valence-electron chi connectivity index (χ1n) is 9.00. The van der Waals surface area contributed by atoms with E-state index in [1.165, 1.54) is 0 Å². The fourth-order valence-electron chi connectivity index (χ4n) is 2.79. The van der Waals surface area contributed by atoms with Crippen LogP contribution in [0.15, 0.2) is 59.7 Å². The highest BCUT2D eigenvalue weighted by molar-refractivity contribution is 14.0. The fraction of sp³-hybridized carbons (Fsp3) is 0.238. The summed E-state index contributed by atoms with van der Waals surface area (Å²) in [6.07, 6.45) is 1.78. The van der Waals surface area contributed by atoms with Crippen LogP contribution in [-0.2, 0) is 6.54 Å².